The first-order valence-corrected chi connectivity index (χ1v) is 15.2. The molecule has 40 heavy (non-hydrogen) atoms. The molecule has 1 fully saturated rings. The van der Waals surface area contributed by atoms with Gasteiger partial charge in [-0.15, -0.1) is 9.24 Å². The predicted octanol–water partition coefficient (Wildman–Crippen LogP) is 7.92. The van der Waals surface area contributed by atoms with Gasteiger partial charge in [0.25, 0.3) is 0 Å². The molecule has 1 heterocycles. The van der Waals surface area contributed by atoms with E-state index in [0.29, 0.717) is 12.6 Å². The minimum absolute atomic E-state index is 0.669. The number of unbranched alkanes of at least 4 members (excludes halogenated alkanes) is 1. The quantitative estimate of drug-likeness (QED) is 0.124. The van der Waals surface area contributed by atoms with E-state index in [-0.39, 0.29) is 0 Å². The molecule has 0 radical (unpaired) electrons. The van der Waals surface area contributed by atoms with Crippen molar-refractivity contribution in [3.05, 3.63) is 126 Å². The third-order valence-electron chi connectivity index (χ3n) is 7.32. The van der Waals surface area contributed by atoms with Crippen LogP contribution in [0.15, 0.2) is 115 Å². The zero-order chi connectivity index (χ0) is 29.0. The summed E-state index contributed by atoms with van der Waals surface area (Å²) < 4.78 is 5.67. The Hall–Kier alpha value is -2.71. The standard InChI is InChI=1S/C20H26NP.C15H20O.CH4O/c1-16-20(18-10-12-19(22)13-11-18)15-21(16)14-6-5-9-17-7-3-2-4-8-17;1-3-5-7-12-15(4-2)16-13-14-10-8-6-9-11-14;1-2/h2-4,7-8,10-13,16,20H,5-6,9,14-15,22H2,1H3;4-8,10,12H,2-3,9,11,13H2,1H3;2H,1H3/b;7-5-,15-12+;. The molecule has 1 N–H and O–H groups in total. The van der Waals surface area contributed by atoms with Crippen LogP contribution in [-0.4, -0.2) is 42.9 Å². The van der Waals surface area contributed by atoms with Crippen LogP contribution < -0.4 is 5.30 Å². The molecule has 4 heteroatoms. The molecule has 2 aliphatic rings. The molecule has 2 aromatic carbocycles. The van der Waals surface area contributed by atoms with E-state index in [1.807, 2.05) is 12.2 Å². The molecule has 3 atom stereocenters. The minimum atomic E-state index is 0.669. The molecule has 0 amide bonds. The topological polar surface area (TPSA) is 32.7 Å². The van der Waals surface area contributed by atoms with E-state index in [1.54, 1.807) is 6.08 Å². The highest BCUT2D eigenvalue weighted by Gasteiger charge is 2.35. The second-order valence-corrected chi connectivity index (χ2v) is 10.8. The predicted molar refractivity (Wildman–Crippen MR) is 177 cm³/mol. The summed E-state index contributed by atoms with van der Waals surface area (Å²) in [6.45, 7) is 11.4. The van der Waals surface area contributed by atoms with Crippen LogP contribution in [0, 0.1) is 0 Å². The number of rotatable bonds is 12. The van der Waals surface area contributed by atoms with Crippen LogP contribution in [0.4, 0.5) is 0 Å². The highest BCUT2D eigenvalue weighted by molar-refractivity contribution is 7.27. The van der Waals surface area contributed by atoms with Crippen molar-refractivity contribution in [3.63, 3.8) is 0 Å². The maximum absolute atomic E-state index is 7.00. The molecular formula is C36H50NO2P. The van der Waals surface area contributed by atoms with E-state index in [4.69, 9.17) is 9.84 Å². The summed E-state index contributed by atoms with van der Waals surface area (Å²) in [6.07, 6.45) is 21.3. The maximum atomic E-state index is 7.00. The molecule has 0 spiro atoms. The Bertz CT molecular complexity index is 1090. The minimum Gasteiger partial charge on any atom is -0.489 e. The number of nitrogens with zero attached hydrogens (tertiary/aromatic N) is 1. The summed E-state index contributed by atoms with van der Waals surface area (Å²) in [7, 11) is 3.76. The van der Waals surface area contributed by atoms with Gasteiger partial charge in [0, 0.05) is 25.6 Å². The molecule has 4 rings (SSSR count). The Morgan fingerprint density at radius 1 is 1.10 bits per heavy atom. The van der Waals surface area contributed by atoms with Gasteiger partial charge in [-0.2, -0.15) is 0 Å². The molecule has 1 saturated heterocycles. The number of aliphatic hydroxyl groups is 1. The van der Waals surface area contributed by atoms with Crippen molar-refractivity contribution in [2.24, 2.45) is 0 Å². The summed E-state index contributed by atoms with van der Waals surface area (Å²) in [5.74, 6) is 1.56. The van der Waals surface area contributed by atoms with Gasteiger partial charge in [-0.05, 0) is 86.2 Å². The highest BCUT2D eigenvalue weighted by atomic mass is 31.0. The van der Waals surface area contributed by atoms with Gasteiger partial charge in [0.2, 0.25) is 0 Å². The first-order chi connectivity index (χ1) is 19.6. The number of aliphatic hydroxyl groups excluding tert-OH is 1. The zero-order valence-electron chi connectivity index (χ0n) is 24.8. The second kappa shape index (κ2) is 20.2. The van der Waals surface area contributed by atoms with Crippen LogP contribution >= 0.6 is 9.24 Å². The lowest BCUT2D eigenvalue weighted by Crippen LogP contribution is -2.52. The number of ether oxygens (including phenoxy) is 1. The molecular weight excluding hydrogens is 509 g/mol. The first-order valence-electron chi connectivity index (χ1n) is 14.7. The van der Waals surface area contributed by atoms with Crippen LogP contribution in [0.2, 0.25) is 0 Å². The largest absolute Gasteiger partial charge is 0.489 e. The average molecular weight is 560 g/mol. The number of hydrogen-bond donors (Lipinski definition) is 1. The molecule has 0 saturated carbocycles. The molecule has 0 aromatic heterocycles. The summed E-state index contributed by atoms with van der Waals surface area (Å²) in [6, 6.07) is 20.5. The van der Waals surface area contributed by atoms with E-state index in [0.717, 1.165) is 38.0 Å². The van der Waals surface area contributed by atoms with Gasteiger partial charge < -0.3 is 9.84 Å². The van der Waals surface area contributed by atoms with Crippen LogP contribution in [0.25, 0.3) is 0 Å². The Labute approximate surface area is 246 Å². The highest BCUT2D eigenvalue weighted by Crippen LogP contribution is 2.33. The SMILES string of the molecule is C=C/C(=C\C=C/CC)OCC1=CC=CCC1.CC1C(c2ccc(P)cc2)CN1CCCCc1ccccc1.CO. The van der Waals surface area contributed by atoms with Crippen molar-refractivity contribution < 1.29 is 9.84 Å². The Morgan fingerprint density at radius 2 is 1.85 bits per heavy atom. The summed E-state index contributed by atoms with van der Waals surface area (Å²) >= 11 is 0. The molecule has 1 aliphatic heterocycles. The van der Waals surface area contributed by atoms with Gasteiger partial charge in [0.05, 0.1) is 0 Å². The van der Waals surface area contributed by atoms with Crippen LogP contribution in [0.5, 0.6) is 0 Å². The third-order valence-corrected chi connectivity index (χ3v) is 7.70. The lowest BCUT2D eigenvalue weighted by Gasteiger charge is -2.47. The van der Waals surface area contributed by atoms with Crippen molar-refractivity contribution in [2.45, 2.75) is 64.3 Å². The van der Waals surface area contributed by atoms with Gasteiger partial charge in [0.15, 0.2) is 0 Å². The van der Waals surface area contributed by atoms with Crippen molar-refractivity contribution in [2.75, 3.05) is 26.8 Å². The molecule has 3 nitrogen and oxygen atoms in total. The lowest BCUT2D eigenvalue weighted by molar-refractivity contribution is 0.0710. The van der Waals surface area contributed by atoms with Gasteiger partial charge in [-0.3, -0.25) is 4.90 Å². The number of benzene rings is 2. The van der Waals surface area contributed by atoms with E-state index >= 15 is 0 Å². The number of hydrogen-bond acceptors (Lipinski definition) is 3. The van der Waals surface area contributed by atoms with Crippen molar-refractivity contribution in [3.8, 4) is 0 Å². The van der Waals surface area contributed by atoms with Crippen molar-refractivity contribution >= 4 is 14.5 Å². The summed E-state index contributed by atoms with van der Waals surface area (Å²) in [4.78, 5) is 2.63. The maximum Gasteiger partial charge on any atom is 0.119 e. The molecule has 216 valence electrons. The van der Waals surface area contributed by atoms with Gasteiger partial charge >= 0.3 is 0 Å². The van der Waals surface area contributed by atoms with E-state index < -0.39 is 0 Å². The Balaban J connectivity index is 0.000000277. The van der Waals surface area contributed by atoms with E-state index in [9.17, 15) is 0 Å². The van der Waals surface area contributed by atoms with Gasteiger partial charge in [-0.1, -0.05) is 98.5 Å². The van der Waals surface area contributed by atoms with E-state index in [2.05, 4.69) is 113 Å². The summed E-state index contributed by atoms with van der Waals surface area (Å²) in [5.41, 5.74) is 4.31. The molecule has 0 bridgehead atoms. The molecule has 2 aromatic rings. The van der Waals surface area contributed by atoms with E-state index in [1.165, 1.54) is 54.4 Å². The fourth-order valence-corrected chi connectivity index (χ4v) is 5.01. The van der Waals surface area contributed by atoms with Gasteiger partial charge in [0.1, 0.15) is 12.4 Å². The monoisotopic (exact) mass is 559 g/mol. The van der Waals surface area contributed by atoms with Crippen LogP contribution in [0.3, 0.4) is 0 Å². The first kappa shape index (κ1) is 33.5. The van der Waals surface area contributed by atoms with Crippen LogP contribution in [0.1, 0.15) is 63.0 Å². The van der Waals surface area contributed by atoms with Crippen LogP contribution in [-0.2, 0) is 11.2 Å². The third kappa shape index (κ3) is 12.2. The number of aryl methyl sites for hydroxylation is 1. The Morgan fingerprint density at radius 3 is 2.48 bits per heavy atom. The second-order valence-electron chi connectivity index (χ2n) is 10.1. The summed E-state index contributed by atoms with van der Waals surface area (Å²) in [5, 5.41) is 8.27. The average Bonchev–Trinajstić information content (AvgIpc) is 3.01. The zero-order valence-corrected chi connectivity index (χ0v) is 26.0. The smallest absolute Gasteiger partial charge is 0.119 e. The van der Waals surface area contributed by atoms with Gasteiger partial charge in [-0.25, -0.2) is 0 Å². The fraction of sp³-hybridized carbons (Fsp3) is 0.389. The number of likely N-dealkylation sites (tertiary alicyclic amines) is 1. The van der Waals surface area contributed by atoms with Crippen molar-refractivity contribution in [1.29, 1.82) is 0 Å². The molecule has 3 unspecified atom stereocenters. The Kier molecular flexibility index (Phi) is 16.9. The normalized spacial score (nSPS) is 18.5. The van der Waals surface area contributed by atoms with Crippen molar-refractivity contribution in [1.82, 2.24) is 4.90 Å². The lowest BCUT2D eigenvalue weighted by atomic mass is 9.83. The molecule has 1 aliphatic carbocycles. The number of allylic oxidation sites excluding steroid dienone is 7. The fourth-order valence-electron chi connectivity index (χ4n) is 4.82.